The fourth-order valence-corrected chi connectivity index (χ4v) is 3.79. The Labute approximate surface area is 107 Å². The molecule has 2 atom stereocenters. The van der Waals surface area contributed by atoms with Gasteiger partial charge >= 0.3 is 0 Å². The van der Waals surface area contributed by atoms with Crippen LogP contribution in [0.4, 0.5) is 0 Å². The highest BCUT2D eigenvalue weighted by Gasteiger charge is 2.41. The van der Waals surface area contributed by atoms with Gasteiger partial charge in [0.15, 0.2) is 0 Å². The Balaban J connectivity index is 2.04. The Hall–Kier alpha value is -0.0800. The fraction of sp³-hybridized carbons (Fsp3) is 1.00. The van der Waals surface area contributed by atoms with Crippen LogP contribution < -0.4 is 5.73 Å². The summed E-state index contributed by atoms with van der Waals surface area (Å²) >= 11 is 0. The van der Waals surface area contributed by atoms with Crippen LogP contribution in [0.25, 0.3) is 0 Å². The third kappa shape index (κ3) is 2.68. The van der Waals surface area contributed by atoms with Gasteiger partial charge in [-0.05, 0) is 44.6 Å². The SMILES string of the molecule is CC(C)C1CCCN1C(C)(CN)CC1CCC1. The number of hydrogen-bond donors (Lipinski definition) is 1. The van der Waals surface area contributed by atoms with Crippen molar-refractivity contribution in [1.29, 1.82) is 0 Å². The van der Waals surface area contributed by atoms with Gasteiger partial charge in [-0.1, -0.05) is 33.1 Å². The Morgan fingerprint density at radius 2 is 1.94 bits per heavy atom. The van der Waals surface area contributed by atoms with E-state index in [9.17, 15) is 0 Å². The summed E-state index contributed by atoms with van der Waals surface area (Å²) in [6.45, 7) is 9.23. The molecule has 0 aromatic rings. The molecule has 100 valence electrons. The van der Waals surface area contributed by atoms with E-state index < -0.39 is 0 Å². The molecule has 1 aliphatic heterocycles. The maximum Gasteiger partial charge on any atom is 0.0309 e. The Morgan fingerprint density at radius 3 is 2.41 bits per heavy atom. The molecule has 2 unspecified atom stereocenters. The molecule has 2 rings (SSSR count). The molecule has 0 spiro atoms. The van der Waals surface area contributed by atoms with Gasteiger partial charge in [0.2, 0.25) is 0 Å². The summed E-state index contributed by atoms with van der Waals surface area (Å²) in [6.07, 6.45) is 8.39. The average Bonchev–Trinajstić information content (AvgIpc) is 2.72. The minimum atomic E-state index is 0.260. The van der Waals surface area contributed by atoms with Crippen LogP contribution in [0.1, 0.15) is 59.3 Å². The first-order valence-electron chi connectivity index (χ1n) is 7.53. The zero-order valence-electron chi connectivity index (χ0n) is 11.9. The van der Waals surface area contributed by atoms with E-state index in [0.717, 1.165) is 24.4 Å². The van der Waals surface area contributed by atoms with Crippen LogP contribution in [0.3, 0.4) is 0 Å². The third-order valence-corrected chi connectivity index (χ3v) is 5.16. The fourth-order valence-electron chi connectivity index (χ4n) is 3.79. The summed E-state index contributed by atoms with van der Waals surface area (Å²) in [7, 11) is 0. The number of rotatable bonds is 5. The number of nitrogens with two attached hydrogens (primary N) is 1. The second-order valence-electron chi connectivity index (χ2n) is 6.85. The number of nitrogens with zero attached hydrogens (tertiary/aromatic N) is 1. The van der Waals surface area contributed by atoms with E-state index in [2.05, 4.69) is 25.7 Å². The van der Waals surface area contributed by atoms with Crippen molar-refractivity contribution in [3.63, 3.8) is 0 Å². The molecular formula is C15H30N2. The second-order valence-corrected chi connectivity index (χ2v) is 6.85. The van der Waals surface area contributed by atoms with E-state index in [1.807, 2.05) is 0 Å². The lowest BCUT2D eigenvalue weighted by atomic mass is 9.75. The average molecular weight is 238 g/mol. The highest BCUT2D eigenvalue weighted by atomic mass is 15.2. The first kappa shape index (κ1) is 13.4. The molecule has 17 heavy (non-hydrogen) atoms. The maximum atomic E-state index is 6.13. The summed E-state index contributed by atoms with van der Waals surface area (Å²) < 4.78 is 0. The molecule has 2 nitrogen and oxygen atoms in total. The third-order valence-electron chi connectivity index (χ3n) is 5.16. The van der Waals surface area contributed by atoms with Gasteiger partial charge in [0.05, 0.1) is 0 Å². The predicted molar refractivity (Wildman–Crippen MR) is 74.0 cm³/mol. The van der Waals surface area contributed by atoms with Crippen LogP contribution in [0.5, 0.6) is 0 Å². The van der Waals surface area contributed by atoms with E-state index in [-0.39, 0.29) is 5.54 Å². The maximum absolute atomic E-state index is 6.13. The van der Waals surface area contributed by atoms with Gasteiger partial charge in [-0.3, -0.25) is 4.90 Å². The minimum absolute atomic E-state index is 0.260. The normalized spacial score (nSPS) is 30.5. The highest BCUT2D eigenvalue weighted by molar-refractivity contribution is 4.97. The van der Waals surface area contributed by atoms with E-state index in [1.54, 1.807) is 0 Å². The molecule has 1 saturated carbocycles. The smallest absolute Gasteiger partial charge is 0.0309 e. The molecule has 0 aromatic heterocycles. The van der Waals surface area contributed by atoms with Crippen molar-refractivity contribution in [2.45, 2.75) is 70.9 Å². The first-order chi connectivity index (χ1) is 8.07. The van der Waals surface area contributed by atoms with Crippen molar-refractivity contribution in [3.8, 4) is 0 Å². The van der Waals surface area contributed by atoms with Gasteiger partial charge in [-0.25, -0.2) is 0 Å². The zero-order chi connectivity index (χ0) is 12.5. The van der Waals surface area contributed by atoms with Crippen molar-refractivity contribution in [2.24, 2.45) is 17.6 Å². The Morgan fingerprint density at radius 1 is 1.24 bits per heavy atom. The number of hydrogen-bond acceptors (Lipinski definition) is 2. The lowest BCUT2D eigenvalue weighted by Crippen LogP contribution is -2.56. The van der Waals surface area contributed by atoms with Gasteiger partial charge < -0.3 is 5.73 Å². The summed E-state index contributed by atoms with van der Waals surface area (Å²) in [5.74, 6) is 1.72. The molecule has 1 aliphatic carbocycles. The highest BCUT2D eigenvalue weighted by Crippen LogP contribution is 2.39. The molecule has 0 radical (unpaired) electrons. The molecule has 1 heterocycles. The quantitative estimate of drug-likeness (QED) is 0.798. The number of likely N-dealkylation sites (tertiary alicyclic amines) is 1. The lowest BCUT2D eigenvalue weighted by Gasteiger charge is -2.46. The van der Waals surface area contributed by atoms with E-state index in [0.29, 0.717) is 0 Å². The molecule has 0 bridgehead atoms. The largest absolute Gasteiger partial charge is 0.329 e. The van der Waals surface area contributed by atoms with Crippen LogP contribution in [0.15, 0.2) is 0 Å². The van der Waals surface area contributed by atoms with Crippen LogP contribution >= 0.6 is 0 Å². The lowest BCUT2D eigenvalue weighted by molar-refractivity contribution is 0.0411. The molecule has 2 fully saturated rings. The van der Waals surface area contributed by atoms with Gasteiger partial charge in [0.1, 0.15) is 0 Å². The van der Waals surface area contributed by atoms with Gasteiger partial charge in [0.25, 0.3) is 0 Å². The molecule has 2 aliphatic rings. The van der Waals surface area contributed by atoms with Crippen molar-refractivity contribution < 1.29 is 0 Å². The minimum Gasteiger partial charge on any atom is -0.329 e. The summed E-state index contributed by atoms with van der Waals surface area (Å²) in [5.41, 5.74) is 6.40. The monoisotopic (exact) mass is 238 g/mol. The Bertz CT molecular complexity index is 247. The van der Waals surface area contributed by atoms with Crippen molar-refractivity contribution in [1.82, 2.24) is 4.90 Å². The summed E-state index contributed by atoms with van der Waals surface area (Å²) in [4.78, 5) is 2.75. The molecule has 1 saturated heterocycles. The second kappa shape index (κ2) is 5.27. The first-order valence-corrected chi connectivity index (χ1v) is 7.53. The zero-order valence-corrected chi connectivity index (χ0v) is 11.9. The van der Waals surface area contributed by atoms with Crippen LogP contribution in [-0.4, -0.2) is 29.6 Å². The molecule has 0 aromatic carbocycles. The Kier molecular flexibility index (Phi) is 4.14. The topological polar surface area (TPSA) is 29.3 Å². The van der Waals surface area contributed by atoms with Gasteiger partial charge in [-0.2, -0.15) is 0 Å². The van der Waals surface area contributed by atoms with Gasteiger partial charge in [0, 0.05) is 18.1 Å². The van der Waals surface area contributed by atoms with Crippen molar-refractivity contribution >= 4 is 0 Å². The van der Waals surface area contributed by atoms with Crippen LogP contribution in [-0.2, 0) is 0 Å². The summed E-state index contributed by atoms with van der Waals surface area (Å²) in [5, 5.41) is 0. The van der Waals surface area contributed by atoms with Crippen LogP contribution in [0.2, 0.25) is 0 Å². The molecule has 2 heteroatoms. The molecular weight excluding hydrogens is 208 g/mol. The predicted octanol–water partition coefficient (Wildman–Crippen LogP) is 3.01. The van der Waals surface area contributed by atoms with Crippen molar-refractivity contribution in [3.05, 3.63) is 0 Å². The van der Waals surface area contributed by atoms with Gasteiger partial charge in [-0.15, -0.1) is 0 Å². The van der Waals surface area contributed by atoms with E-state index in [4.69, 9.17) is 5.73 Å². The van der Waals surface area contributed by atoms with Crippen molar-refractivity contribution in [2.75, 3.05) is 13.1 Å². The summed E-state index contributed by atoms with van der Waals surface area (Å²) in [6, 6.07) is 0.767. The van der Waals surface area contributed by atoms with Crippen LogP contribution in [0, 0.1) is 11.8 Å². The standard InChI is InChI=1S/C15H30N2/c1-12(2)14-8-5-9-17(14)15(3,11-16)10-13-6-4-7-13/h12-14H,4-11,16H2,1-3H3. The van der Waals surface area contributed by atoms with E-state index in [1.165, 1.54) is 45.1 Å². The molecule has 0 amide bonds. The molecule has 2 N–H and O–H groups in total. The van der Waals surface area contributed by atoms with E-state index >= 15 is 0 Å².